The molecule has 1 aromatic rings. The number of methoxy groups -OCH3 is 2. The van der Waals surface area contributed by atoms with Crippen LogP contribution in [0.25, 0.3) is 0 Å². The zero-order valence-corrected chi connectivity index (χ0v) is 10.9. The van der Waals surface area contributed by atoms with E-state index in [4.69, 9.17) is 9.47 Å². The molecular weight excluding hydrogens is 236 g/mol. The van der Waals surface area contributed by atoms with Crippen LogP contribution in [0.2, 0.25) is 0 Å². The van der Waals surface area contributed by atoms with E-state index in [-0.39, 0.29) is 11.4 Å². The molecule has 0 saturated heterocycles. The Morgan fingerprint density at radius 2 is 1.94 bits per heavy atom. The number of rotatable bonds is 7. The van der Waals surface area contributed by atoms with Crippen LogP contribution in [-0.2, 0) is 6.54 Å². The van der Waals surface area contributed by atoms with Gasteiger partial charge in [-0.25, -0.2) is 0 Å². The standard InChI is InChI=1S/C12H18N2O4/c1-4-5-13-8-9-6-10(14(15)16)12(18-3)7-11(9)17-2/h6-7,13H,4-5,8H2,1-3H3. The Morgan fingerprint density at radius 3 is 2.44 bits per heavy atom. The van der Waals surface area contributed by atoms with Crippen LogP contribution in [-0.4, -0.2) is 25.7 Å². The van der Waals surface area contributed by atoms with Gasteiger partial charge >= 0.3 is 5.69 Å². The summed E-state index contributed by atoms with van der Waals surface area (Å²) in [6.07, 6.45) is 1.00. The number of ether oxygens (including phenoxy) is 2. The fraction of sp³-hybridized carbons (Fsp3) is 0.500. The summed E-state index contributed by atoms with van der Waals surface area (Å²) in [5, 5.41) is 14.1. The quantitative estimate of drug-likeness (QED) is 0.458. The van der Waals surface area contributed by atoms with Gasteiger partial charge in [0.15, 0.2) is 0 Å². The smallest absolute Gasteiger partial charge is 0.311 e. The highest BCUT2D eigenvalue weighted by molar-refractivity contribution is 5.54. The van der Waals surface area contributed by atoms with E-state index in [1.54, 1.807) is 6.07 Å². The SMILES string of the molecule is CCCNCc1cc([N+](=O)[O-])c(OC)cc1OC. The molecule has 1 rings (SSSR count). The second kappa shape index (κ2) is 6.80. The molecule has 18 heavy (non-hydrogen) atoms. The number of hydrogen-bond acceptors (Lipinski definition) is 5. The van der Waals surface area contributed by atoms with E-state index in [0.29, 0.717) is 12.3 Å². The van der Waals surface area contributed by atoms with Crippen LogP contribution >= 0.6 is 0 Å². The summed E-state index contributed by atoms with van der Waals surface area (Å²) < 4.78 is 10.2. The minimum atomic E-state index is -0.457. The van der Waals surface area contributed by atoms with Gasteiger partial charge in [0.25, 0.3) is 0 Å². The Hall–Kier alpha value is -1.82. The molecule has 0 saturated carbocycles. The molecule has 0 radical (unpaired) electrons. The van der Waals surface area contributed by atoms with Crippen molar-refractivity contribution < 1.29 is 14.4 Å². The van der Waals surface area contributed by atoms with Crippen LogP contribution in [0.4, 0.5) is 5.69 Å². The van der Waals surface area contributed by atoms with Crippen molar-refractivity contribution in [2.24, 2.45) is 0 Å². The summed E-state index contributed by atoms with van der Waals surface area (Å²) in [6, 6.07) is 3.03. The average Bonchev–Trinajstić information content (AvgIpc) is 2.38. The third-order valence-corrected chi connectivity index (χ3v) is 2.52. The minimum Gasteiger partial charge on any atom is -0.496 e. The summed E-state index contributed by atoms with van der Waals surface area (Å²) in [4.78, 5) is 10.5. The molecule has 0 atom stereocenters. The van der Waals surface area contributed by atoms with Crippen molar-refractivity contribution in [3.63, 3.8) is 0 Å². The van der Waals surface area contributed by atoms with Crippen molar-refractivity contribution in [3.8, 4) is 11.5 Å². The lowest BCUT2D eigenvalue weighted by molar-refractivity contribution is -0.385. The minimum absolute atomic E-state index is 0.0494. The lowest BCUT2D eigenvalue weighted by Crippen LogP contribution is -2.14. The zero-order chi connectivity index (χ0) is 13.5. The van der Waals surface area contributed by atoms with Gasteiger partial charge in [-0.2, -0.15) is 0 Å². The van der Waals surface area contributed by atoms with Crippen molar-refractivity contribution in [1.29, 1.82) is 0 Å². The molecular formula is C12H18N2O4. The molecule has 0 unspecified atom stereocenters. The van der Waals surface area contributed by atoms with Gasteiger partial charge in [-0.3, -0.25) is 10.1 Å². The second-order valence-electron chi connectivity index (χ2n) is 3.77. The molecule has 0 spiro atoms. The van der Waals surface area contributed by atoms with E-state index >= 15 is 0 Å². The molecule has 0 amide bonds. The molecule has 6 heteroatoms. The van der Waals surface area contributed by atoms with Gasteiger partial charge in [-0.1, -0.05) is 6.92 Å². The predicted octanol–water partition coefficient (Wildman–Crippen LogP) is 2.11. The number of nitrogens with zero attached hydrogens (tertiary/aromatic N) is 1. The molecule has 1 N–H and O–H groups in total. The maximum absolute atomic E-state index is 10.9. The summed E-state index contributed by atoms with van der Waals surface area (Å²) in [7, 11) is 2.93. The first-order chi connectivity index (χ1) is 8.63. The highest BCUT2D eigenvalue weighted by Gasteiger charge is 2.19. The molecule has 0 aliphatic carbocycles. The van der Waals surface area contributed by atoms with Gasteiger partial charge in [-0.15, -0.1) is 0 Å². The largest absolute Gasteiger partial charge is 0.496 e. The van der Waals surface area contributed by atoms with Gasteiger partial charge < -0.3 is 14.8 Å². The fourth-order valence-electron chi connectivity index (χ4n) is 1.63. The average molecular weight is 254 g/mol. The molecule has 0 aliphatic rings. The molecule has 1 aromatic carbocycles. The third kappa shape index (κ3) is 3.33. The first kappa shape index (κ1) is 14.2. The van der Waals surface area contributed by atoms with Crippen LogP contribution in [0.5, 0.6) is 11.5 Å². The topological polar surface area (TPSA) is 73.6 Å². The molecule has 100 valence electrons. The van der Waals surface area contributed by atoms with Gasteiger partial charge in [0.05, 0.1) is 19.1 Å². The highest BCUT2D eigenvalue weighted by Crippen LogP contribution is 2.34. The van der Waals surface area contributed by atoms with Gasteiger partial charge in [0, 0.05) is 24.2 Å². The first-order valence-electron chi connectivity index (χ1n) is 5.74. The Morgan fingerprint density at radius 1 is 1.28 bits per heavy atom. The van der Waals surface area contributed by atoms with E-state index in [2.05, 4.69) is 12.2 Å². The second-order valence-corrected chi connectivity index (χ2v) is 3.77. The third-order valence-electron chi connectivity index (χ3n) is 2.52. The molecule has 0 fully saturated rings. The maximum atomic E-state index is 10.9. The number of nitro benzene ring substituents is 1. The van der Waals surface area contributed by atoms with Gasteiger partial charge in [0.1, 0.15) is 5.75 Å². The highest BCUT2D eigenvalue weighted by atomic mass is 16.6. The van der Waals surface area contributed by atoms with Crippen molar-refractivity contribution in [2.45, 2.75) is 19.9 Å². The Bertz CT molecular complexity index is 421. The van der Waals surface area contributed by atoms with E-state index in [0.717, 1.165) is 18.5 Å². The van der Waals surface area contributed by atoms with Crippen LogP contribution in [0.1, 0.15) is 18.9 Å². The number of benzene rings is 1. The fourth-order valence-corrected chi connectivity index (χ4v) is 1.63. The lowest BCUT2D eigenvalue weighted by Gasteiger charge is -2.11. The van der Waals surface area contributed by atoms with E-state index in [1.165, 1.54) is 20.3 Å². The Balaban J connectivity index is 3.07. The van der Waals surface area contributed by atoms with Crippen LogP contribution in [0.15, 0.2) is 12.1 Å². The molecule has 6 nitrogen and oxygen atoms in total. The lowest BCUT2D eigenvalue weighted by atomic mass is 10.1. The molecule has 0 aliphatic heterocycles. The van der Waals surface area contributed by atoms with Crippen molar-refractivity contribution in [3.05, 3.63) is 27.8 Å². The number of nitro groups is 1. The van der Waals surface area contributed by atoms with Crippen LogP contribution in [0, 0.1) is 10.1 Å². The summed E-state index contributed by atoms with van der Waals surface area (Å²) in [5.74, 6) is 0.789. The monoisotopic (exact) mass is 254 g/mol. The summed E-state index contributed by atoms with van der Waals surface area (Å²) in [5.41, 5.74) is 0.699. The number of hydrogen-bond donors (Lipinski definition) is 1. The van der Waals surface area contributed by atoms with Crippen molar-refractivity contribution in [2.75, 3.05) is 20.8 Å². The van der Waals surface area contributed by atoms with E-state index in [1.807, 2.05) is 0 Å². The van der Waals surface area contributed by atoms with Crippen molar-refractivity contribution >= 4 is 5.69 Å². The summed E-state index contributed by atoms with van der Waals surface area (Å²) >= 11 is 0. The summed E-state index contributed by atoms with van der Waals surface area (Å²) in [6.45, 7) is 3.44. The van der Waals surface area contributed by atoms with Crippen LogP contribution in [0.3, 0.4) is 0 Å². The number of nitrogens with one attached hydrogen (secondary N) is 1. The first-order valence-corrected chi connectivity index (χ1v) is 5.74. The van der Waals surface area contributed by atoms with Gasteiger partial charge in [0.2, 0.25) is 5.75 Å². The van der Waals surface area contributed by atoms with E-state index < -0.39 is 4.92 Å². The predicted molar refractivity (Wildman–Crippen MR) is 68.2 cm³/mol. The van der Waals surface area contributed by atoms with Crippen LogP contribution < -0.4 is 14.8 Å². The zero-order valence-electron chi connectivity index (χ0n) is 10.9. The van der Waals surface area contributed by atoms with E-state index in [9.17, 15) is 10.1 Å². The maximum Gasteiger partial charge on any atom is 0.311 e. The molecule has 0 heterocycles. The normalized spacial score (nSPS) is 10.2. The Kier molecular flexibility index (Phi) is 5.38. The Labute approximate surface area is 106 Å². The van der Waals surface area contributed by atoms with Crippen molar-refractivity contribution in [1.82, 2.24) is 5.32 Å². The molecule has 0 bridgehead atoms. The molecule has 0 aromatic heterocycles. The van der Waals surface area contributed by atoms with Gasteiger partial charge in [-0.05, 0) is 13.0 Å².